The van der Waals surface area contributed by atoms with E-state index in [1.54, 1.807) is 0 Å². The van der Waals surface area contributed by atoms with Gasteiger partial charge in [-0.1, -0.05) is 28.1 Å². The first-order chi connectivity index (χ1) is 7.11. The summed E-state index contributed by atoms with van der Waals surface area (Å²) < 4.78 is 3.57. The standard InChI is InChI=1S/C10H10BrN3S/c1-6-7(4-3-5-8(6)11)9-12-13-10(15)14(9)2/h3-5H,1-2H3,(H,13,15). The van der Waals surface area contributed by atoms with Gasteiger partial charge in [-0.25, -0.2) is 0 Å². The first kappa shape index (κ1) is 10.6. The van der Waals surface area contributed by atoms with Crippen LogP contribution in [0.1, 0.15) is 5.56 Å². The Kier molecular flexibility index (Phi) is 2.75. The van der Waals surface area contributed by atoms with E-state index in [-0.39, 0.29) is 0 Å². The van der Waals surface area contributed by atoms with Gasteiger partial charge in [0.05, 0.1) is 0 Å². The smallest absolute Gasteiger partial charge is 0.195 e. The molecule has 1 aromatic heterocycles. The molecule has 0 saturated heterocycles. The second-order valence-corrected chi connectivity index (χ2v) is 4.56. The Labute approximate surface area is 101 Å². The van der Waals surface area contributed by atoms with Crippen LogP contribution >= 0.6 is 28.1 Å². The highest BCUT2D eigenvalue weighted by atomic mass is 79.9. The Morgan fingerprint density at radius 3 is 2.80 bits per heavy atom. The average molecular weight is 284 g/mol. The fraction of sp³-hybridized carbons (Fsp3) is 0.200. The van der Waals surface area contributed by atoms with Gasteiger partial charge in [0.2, 0.25) is 0 Å². The number of hydrogen-bond donors (Lipinski definition) is 1. The minimum Gasteiger partial charge on any atom is -0.303 e. The fourth-order valence-electron chi connectivity index (χ4n) is 1.44. The zero-order valence-electron chi connectivity index (χ0n) is 8.41. The lowest BCUT2D eigenvalue weighted by Gasteiger charge is -2.06. The summed E-state index contributed by atoms with van der Waals surface area (Å²) in [6.45, 7) is 2.05. The van der Waals surface area contributed by atoms with Crippen molar-refractivity contribution in [3.63, 3.8) is 0 Å². The molecule has 3 nitrogen and oxygen atoms in total. The molecule has 2 rings (SSSR count). The highest BCUT2D eigenvalue weighted by molar-refractivity contribution is 9.10. The molecule has 0 atom stereocenters. The Hall–Kier alpha value is -0.940. The monoisotopic (exact) mass is 283 g/mol. The molecule has 0 bridgehead atoms. The number of hydrogen-bond acceptors (Lipinski definition) is 2. The Bertz CT molecular complexity index is 556. The Balaban J connectivity index is 2.69. The average Bonchev–Trinajstić information content (AvgIpc) is 2.53. The van der Waals surface area contributed by atoms with Crippen LogP contribution in [-0.4, -0.2) is 14.8 Å². The lowest BCUT2D eigenvalue weighted by Crippen LogP contribution is -1.94. The first-order valence-electron chi connectivity index (χ1n) is 4.48. The Morgan fingerprint density at radius 2 is 2.20 bits per heavy atom. The van der Waals surface area contributed by atoms with E-state index in [4.69, 9.17) is 12.2 Å². The van der Waals surface area contributed by atoms with Gasteiger partial charge in [-0.05, 0) is 30.8 Å². The summed E-state index contributed by atoms with van der Waals surface area (Å²) in [5.41, 5.74) is 2.24. The summed E-state index contributed by atoms with van der Waals surface area (Å²) in [5, 5.41) is 7.00. The molecule has 1 heterocycles. The molecule has 0 radical (unpaired) electrons. The number of nitrogens with one attached hydrogen (secondary N) is 1. The number of aromatic amines is 1. The van der Waals surface area contributed by atoms with E-state index in [0.29, 0.717) is 4.77 Å². The second kappa shape index (κ2) is 3.90. The van der Waals surface area contributed by atoms with E-state index >= 15 is 0 Å². The van der Waals surface area contributed by atoms with Crippen molar-refractivity contribution in [1.82, 2.24) is 14.8 Å². The molecule has 0 aliphatic carbocycles. The van der Waals surface area contributed by atoms with Gasteiger partial charge in [-0.2, -0.15) is 5.10 Å². The molecule has 78 valence electrons. The van der Waals surface area contributed by atoms with E-state index in [0.717, 1.165) is 21.4 Å². The number of aromatic nitrogens is 3. The van der Waals surface area contributed by atoms with E-state index in [9.17, 15) is 0 Å². The molecule has 0 saturated carbocycles. The zero-order chi connectivity index (χ0) is 11.0. The maximum absolute atomic E-state index is 5.08. The second-order valence-electron chi connectivity index (χ2n) is 3.32. The van der Waals surface area contributed by atoms with Crippen molar-refractivity contribution < 1.29 is 0 Å². The molecular weight excluding hydrogens is 274 g/mol. The van der Waals surface area contributed by atoms with Gasteiger partial charge in [0.1, 0.15) is 0 Å². The van der Waals surface area contributed by atoms with Gasteiger partial charge in [0.15, 0.2) is 10.6 Å². The van der Waals surface area contributed by atoms with E-state index in [1.165, 1.54) is 0 Å². The molecule has 1 aromatic carbocycles. The van der Waals surface area contributed by atoms with Crippen LogP contribution < -0.4 is 0 Å². The lowest BCUT2D eigenvalue weighted by atomic mass is 10.1. The van der Waals surface area contributed by atoms with Crippen LogP contribution in [0.3, 0.4) is 0 Å². The molecule has 1 N–H and O–H groups in total. The largest absolute Gasteiger partial charge is 0.303 e. The number of nitrogens with zero attached hydrogens (tertiary/aromatic N) is 2. The predicted molar refractivity (Wildman–Crippen MR) is 66.3 cm³/mol. The van der Waals surface area contributed by atoms with Crippen LogP contribution in [0.5, 0.6) is 0 Å². The van der Waals surface area contributed by atoms with E-state index in [1.807, 2.05) is 29.8 Å². The van der Waals surface area contributed by atoms with Crippen molar-refractivity contribution in [2.24, 2.45) is 7.05 Å². The van der Waals surface area contributed by atoms with Crippen LogP contribution in [0.2, 0.25) is 0 Å². The van der Waals surface area contributed by atoms with Crippen molar-refractivity contribution in [3.8, 4) is 11.4 Å². The quantitative estimate of drug-likeness (QED) is 0.816. The highest BCUT2D eigenvalue weighted by Crippen LogP contribution is 2.26. The molecule has 0 amide bonds. The highest BCUT2D eigenvalue weighted by Gasteiger charge is 2.09. The van der Waals surface area contributed by atoms with Crippen molar-refractivity contribution in [2.45, 2.75) is 6.92 Å². The SMILES string of the molecule is Cc1c(Br)cccc1-c1n[nH]c(=S)n1C. The number of benzene rings is 1. The van der Waals surface area contributed by atoms with E-state index in [2.05, 4.69) is 33.1 Å². The van der Waals surface area contributed by atoms with Crippen molar-refractivity contribution in [2.75, 3.05) is 0 Å². The number of halogens is 1. The third-order valence-electron chi connectivity index (χ3n) is 2.39. The van der Waals surface area contributed by atoms with Gasteiger partial charge < -0.3 is 4.57 Å². The molecule has 2 aromatic rings. The van der Waals surface area contributed by atoms with Crippen molar-refractivity contribution >= 4 is 28.1 Å². The maximum atomic E-state index is 5.08. The minimum atomic E-state index is 0.629. The van der Waals surface area contributed by atoms with Crippen LogP contribution in [0, 0.1) is 11.7 Å². The molecule has 0 spiro atoms. The maximum Gasteiger partial charge on any atom is 0.195 e. The first-order valence-corrected chi connectivity index (χ1v) is 5.68. The summed E-state index contributed by atoms with van der Waals surface area (Å²) in [5.74, 6) is 0.860. The summed E-state index contributed by atoms with van der Waals surface area (Å²) in [6.07, 6.45) is 0. The topological polar surface area (TPSA) is 33.6 Å². The van der Waals surface area contributed by atoms with Gasteiger partial charge in [-0.15, -0.1) is 0 Å². The van der Waals surface area contributed by atoms with Crippen LogP contribution in [0.25, 0.3) is 11.4 Å². The molecule has 0 unspecified atom stereocenters. The molecule has 5 heteroatoms. The fourth-order valence-corrected chi connectivity index (χ4v) is 1.94. The molecule has 0 aliphatic heterocycles. The van der Waals surface area contributed by atoms with Crippen LogP contribution in [0.15, 0.2) is 22.7 Å². The van der Waals surface area contributed by atoms with Gasteiger partial charge >= 0.3 is 0 Å². The molecule has 0 aliphatic rings. The predicted octanol–water partition coefficient (Wildman–Crippen LogP) is 3.22. The van der Waals surface area contributed by atoms with Crippen LogP contribution in [0.4, 0.5) is 0 Å². The normalized spacial score (nSPS) is 10.6. The summed E-state index contributed by atoms with van der Waals surface area (Å²) in [4.78, 5) is 0. The van der Waals surface area contributed by atoms with Crippen molar-refractivity contribution in [3.05, 3.63) is 33.0 Å². The van der Waals surface area contributed by atoms with Gasteiger partial charge in [0, 0.05) is 17.1 Å². The molecule has 15 heavy (non-hydrogen) atoms. The van der Waals surface area contributed by atoms with Crippen molar-refractivity contribution in [1.29, 1.82) is 0 Å². The minimum absolute atomic E-state index is 0.629. The van der Waals surface area contributed by atoms with Gasteiger partial charge in [0.25, 0.3) is 0 Å². The number of H-pyrrole nitrogens is 1. The number of rotatable bonds is 1. The zero-order valence-corrected chi connectivity index (χ0v) is 10.8. The summed E-state index contributed by atoms with van der Waals surface area (Å²) in [6, 6.07) is 6.04. The van der Waals surface area contributed by atoms with Gasteiger partial charge in [-0.3, -0.25) is 5.10 Å². The lowest BCUT2D eigenvalue weighted by molar-refractivity contribution is 0.901. The summed E-state index contributed by atoms with van der Waals surface area (Å²) >= 11 is 8.58. The molecular formula is C10H10BrN3S. The Morgan fingerprint density at radius 1 is 1.47 bits per heavy atom. The third-order valence-corrected chi connectivity index (χ3v) is 3.61. The van der Waals surface area contributed by atoms with Crippen LogP contribution in [-0.2, 0) is 7.05 Å². The summed E-state index contributed by atoms with van der Waals surface area (Å²) in [7, 11) is 1.90. The third kappa shape index (κ3) is 1.77. The molecule has 0 fully saturated rings. The van der Waals surface area contributed by atoms with E-state index < -0.39 is 0 Å².